The first-order valence-electron chi connectivity index (χ1n) is 5.09. The fourth-order valence-corrected chi connectivity index (χ4v) is 1.66. The molecule has 0 bridgehead atoms. The molecule has 16 heavy (non-hydrogen) atoms. The highest BCUT2D eigenvalue weighted by atomic mass is 35.5. The zero-order valence-electron chi connectivity index (χ0n) is 8.78. The van der Waals surface area contributed by atoms with Gasteiger partial charge in [-0.2, -0.15) is 0 Å². The van der Waals surface area contributed by atoms with E-state index in [9.17, 15) is 0 Å². The van der Waals surface area contributed by atoms with Crippen molar-refractivity contribution in [2.45, 2.75) is 6.54 Å². The van der Waals surface area contributed by atoms with Gasteiger partial charge in [0, 0.05) is 6.54 Å². The van der Waals surface area contributed by atoms with E-state index in [2.05, 4.69) is 17.4 Å². The van der Waals surface area contributed by atoms with Crippen LogP contribution >= 0.6 is 11.6 Å². The van der Waals surface area contributed by atoms with Crippen LogP contribution in [0.2, 0.25) is 5.02 Å². The largest absolute Gasteiger partial charge is 0.396 e. The second-order valence-electron chi connectivity index (χ2n) is 3.54. The summed E-state index contributed by atoms with van der Waals surface area (Å²) in [4.78, 5) is 0. The number of hydrogen-bond acceptors (Lipinski definition) is 2. The van der Waals surface area contributed by atoms with Gasteiger partial charge in [0.15, 0.2) is 0 Å². The molecule has 0 spiro atoms. The molecular weight excluding hydrogens is 220 g/mol. The maximum atomic E-state index is 5.93. The summed E-state index contributed by atoms with van der Waals surface area (Å²) in [6.45, 7) is 0.741. The van der Waals surface area contributed by atoms with Gasteiger partial charge in [0.05, 0.1) is 16.4 Å². The third kappa shape index (κ3) is 2.47. The average molecular weight is 233 g/mol. The number of hydrogen-bond donors (Lipinski definition) is 2. The van der Waals surface area contributed by atoms with Gasteiger partial charge in [-0.1, -0.05) is 48.0 Å². The van der Waals surface area contributed by atoms with Crippen LogP contribution in [0.4, 0.5) is 11.4 Å². The Labute approximate surface area is 100 Å². The van der Waals surface area contributed by atoms with Crippen LogP contribution in [0.25, 0.3) is 0 Å². The molecule has 0 aliphatic carbocycles. The van der Waals surface area contributed by atoms with Crippen molar-refractivity contribution in [2.24, 2.45) is 0 Å². The van der Waals surface area contributed by atoms with Crippen LogP contribution in [-0.2, 0) is 6.54 Å². The molecule has 2 nitrogen and oxygen atoms in total. The van der Waals surface area contributed by atoms with Crippen LogP contribution < -0.4 is 11.1 Å². The third-order valence-corrected chi connectivity index (χ3v) is 2.71. The summed E-state index contributed by atoms with van der Waals surface area (Å²) in [7, 11) is 0. The number of nitrogen functional groups attached to an aromatic ring is 1. The number of rotatable bonds is 3. The van der Waals surface area contributed by atoms with E-state index < -0.39 is 0 Å². The lowest BCUT2D eigenvalue weighted by molar-refractivity contribution is 1.15. The predicted molar refractivity (Wildman–Crippen MR) is 69.6 cm³/mol. The van der Waals surface area contributed by atoms with Crippen molar-refractivity contribution < 1.29 is 0 Å². The van der Waals surface area contributed by atoms with Crippen LogP contribution in [-0.4, -0.2) is 0 Å². The molecular formula is C13H13ClN2. The van der Waals surface area contributed by atoms with Gasteiger partial charge in [0.25, 0.3) is 0 Å². The van der Waals surface area contributed by atoms with Crippen LogP contribution in [0.1, 0.15) is 5.56 Å². The van der Waals surface area contributed by atoms with Crippen LogP contribution in [0, 0.1) is 0 Å². The quantitative estimate of drug-likeness (QED) is 0.795. The lowest BCUT2D eigenvalue weighted by atomic mass is 10.2. The molecule has 0 radical (unpaired) electrons. The maximum Gasteiger partial charge on any atom is 0.0739 e. The van der Waals surface area contributed by atoms with Gasteiger partial charge >= 0.3 is 0 Å². The number of benzene rings is 2. The highest BCUT2D eigenvalue weighted by Crippen LogP contribution is 2.26. The molecule has 3 N–H and O–H groups in total. The molecule has 2 aromatic carbocycles. The summed E-state index contributed by atoms with van der Waals surface area (Å²) in [5.74, 6) is 0. The molecule has 0 fully saturated rings. The number of anilines is 2. The number of nitrogens with one attached hydrogen (secondary N) is 1. The Morgan fingerprint density at radius 2 is 1.75 bits per heavy atom. The third-order valence-electron chi connectivity index (χ3n) is 2.38. The van der Waals surface area contributed by atoms with Crippen LogP contribution in [0.15, 0.2) is 48.5 Å². The predicted octanol–water partition coefficient (Wildman–Crippen LogP) is 3.53. The van der Waals surface area contributed by atoms with E-state index in [1.807, 2.05) is 30.3 Å². The molecule has 0 aromatic heterocycles. The molecule has 3 heteroatoms. The summed E-state index contributed by atoms with van der Waals surface area (Å²) >= 11 is 5.93. The normalized spacial score (nSPS) is 10.1. The molecule has 0 atom stereocenters. The van der Waals surface area contributed by atoms with E-state index >= 15 is 0 Å². The molecule has 0 saturated heterocycles. The standard InChI is InChI=1S/C13H13ClN2/c14-11-7-4-8-12(13(11)15)16-9-10-5-2-1-3-6-10/h1-8,16H,9,15H2. The number of para-hydroxylation sites is 1. The van der Waals surface area contributed by atoms with Gasteiger partial charge < -0.3 is 11.1 Å². The summed E-state index contributed by atoms with van der Waals surface area (Å²) in [5, 5.41) is 3.84. The number of halogens is 1. The lowest BCUT2D eigenvalue weighted by Crippen LogP contribution is -2.02. The van der Waals surface area contributed by atoms with E-state index in [0.29, 0.717) is 10.7 Å². The Balaban J connectivity index is 2.08. The molecule has 0 heterocycles. The minimum Gasteiger partial charge on any atom is -0.396 e. The fraction of sp³-hybridized carbons (Fsp3) is 0.0769. The van der Waals surface area contributed by atoms with Gasteiger partial charge in [0.2, 0.25) is 0 Å². The average Bonchev–Trinajstić information content (AvgIpc) is 2.32. The van der Waals surface area contributed by atoms with E-state index in [4.69, 9.17) is 17.3 Å². The monoisotopic (exact) mass is 232 g/mol. The fourth-order valence-electron chi connectivity index (χ4n) is 1.48. The molecule has 0 unspecified atom stereocenters. The smallest absolute Gasteiger partial charge is 0.0739 e. The van der Waals surface area contributed by atoms with E-state index in [1.54, 1.807) is 6.07 Å². The molecule has 0 amide bonds. The van der Waals surface area contributed by atoms with Gasteiger partial charge in [-0.15, -0.1) is 0 Å². The molecule has 0 aliphatic rings. The zero-order valence-corrected chi connectivity index (χ0v) is 9.54. The van der Waals surface area contributed by atoms with Gasteiger partial charge in [0.1, 0.15) is 0 Å². The summed E-state index contributed by atoms with van der Waals surface area (Å²) < 4.78 is 0. The Morgan fingerprint density at radius 3 is 2.50 bits per heavy atom. The first kappa shape index (κ1) is 10.8. The lowest BCUT2D eigenvalue weighted by Gasteiger charge is -2.10. The van der Waals surface area contributed by atoms with Gasteiger partial charge in [-0.05, 0) is 17.7 Å². The maximum absolute atomic E-state index is 5.93. The SMILES string of the molecule is Nc1c(Cl)cccc1NCc1ccccc1. The first-order chi connectivity index (χ1) is 7.77. The second-order valence-corrected chi connectivity index (χ2v) is 3.95. The first-order valence-corrected chi connectivity index (χ1v) is 5.47. The van der Waals surface area contributed by atoms with Crippen molar-refractivity contribution in [1.29, 1.82) is 0 Å². The topological polar surface area (TPSA) is 38.0 Å². The summed E-state index contributed by atoms with van der Waals surface area (Å²) in [6.07, 6.45) is 0. The van der Waals surface area contributed by atoms with Crippen molar-refractivity contribution in [3.8, 4) is 0 Å². The van der Waals surface area contributed by atoms with Crippen molar-refractivity contribution in [3.05, 3.63) is 59.1 Å². The van der Waals surface area contributed by atoms with Crippen LogP contribution in [0.5, 0.6) is 0 Å². The van der Waals surface area contributed by atoms with Crippen LogP contribution in [0.3, 0.4) is 0 Å². The van der Waals surface area contributed by atoms with Crippen molar-refractivity contribution >= 4 is 23.0 Å². The Hall–Kier alpha value is -1.67. The summed E-state index contributed by atoms with van der Waals surface area (Å²) in [5.41, 5.74) is 8.53. The van der Waals surface area contributed by atoms with E-state index in [1.165, 1.54) is 5.56 Å². The van der Waals surface area contributed by atoms with Crippen molar-refractivity contribution in [3.63, 3.8) is 0 Å². The highest BCUT2D eigenvalue weighted by molar-refractivity contribution is 6.33. The Kier molecular flexibility index (Phi) is 3.32. The second kappa shape index (κ2) is 4.90. The Bertz CT molecular complexity index is 469. The summed E-state index contributed by atoms with van der Waals surface area (Å²) in [6, 6.07) is 15.7. The van der Waals surface area contributed by atoms with E-state index in [-0.39, 0.29) is 0 Å². The minimum atomic E-state index is 0.582. The molecule has 2 rings (SSSR count). The zero-order chi connectivity index (χ0) is 11.4. The van der Waals surface area contributed by atoms with Gasteiger partial charge in [-0.25, -0.2) is 0 Å². The molecule has 82 valence electrons. The van der Waals surface area contributed by atoms with Crippen molar-refractivity contribution in [1.82, 2.24) is 0 Å². The molecule has 0 saturated carbocycles. The Morgan fingerprint density at radius 1 is 1.00 bits per heavy atom. The highest BCUT2D eigenvalue weighted by Gasteiger charge is 2.01. The minimum absolute atomic E-state index is 0.582. The van der Waals surface area contributed by atoms with Gasteiger partial charge in [-0.3, -0.25) is 0 Å². The molecule has 2 aromatic rings. The number of nitrogens with two attached hydrogens (primary N) is 1. The van der Waals surface area contributed by atoms with Crippen molar-refractivity contribution in [2.75, 3.05) is 11.1 Å². The molecule has 0 aliphatic heterocycles. The van der Waals surface area contributed by atoms with E-state index in [0.717, 1.165) is 12.2 Å².